The lowest BCUT2D eigenvalue weighted by Crippen LogP contribution is -2.59. The molecule has 6 aliphatic rings. The summed E-state index contributed by atoms with van der Waals surface area (Å²) in [4.78, 5) is 15.8. The fraction of sp³-hybridized carbons (Fsp3) is 0.177. The van der Waals surface area contributed by atoms with Crippen molar-refractivity contribution in [1.82, 2.24) is 15.0 Å². The Morgan fingerprint density at radius 3 is 1.52 bits per heavy atom. The predicted octanol–water partition coefficient (Wildman–Crippen LogP) is 14.8. The molecule has 0 N–H and O–H groups in total. The van der Waals surface area contributed by atoms with Gasteiger partial charge < -0.3 is 4.74 Å². The highest BCUT2D eigenvalue weighted by Crippen LogP contribution is 2.84. The van der Waals surface area contributed by atoms with Crippen molar-refractivity contribution in [3.8, 4) is 79.0 Å². The summed E-state index contributed by atoms with van der Waals surface area (Å²) in [5, 5.41) is 0. The van der Waals surface area contributed by atoms with Gasteiger partial charge in [0.05, 0.1) is 5.41 Å². The molecule has 0 saturated heterocycles. The molecule has 9 aromatic rings. The fourth-order valence-electron chi connectivity index (χ4n) is 14.5. The molecular weight excluding hydrogens is 803 g/mol. The molecule has 314 valence electrons. The topological polar surface area (TPSA) is 47.9 Å². The second kappa shape index (κ2) is 13.3. The van der Waals surface area contributed by atoms with Crippen LogP contribution < -0.4 is 4.74 Å². The van der Waals surface area contributed by atoms with Gasteiger partial charge in [-0.15, -0.1) is 0 Å². The maximum atomic E-state index is 6.77. The first-order valence-electron chi connectivity index (χ1n) is 23.8. The van der Waals surface area contributed by atoms with Gasteiger partial charge in [-0.1, -0.05) is 164 Å². The Bertz CT molecular complexity index is 3420. The van der Waals surface area contributed by atoms with E-state index in [1.165, 1.54) is 59.9 Å². The van der Waals surface area contributed by atoms with Crippen LogP contribution in [0.3, 0.4) is 0 Å². The molecule has 0 amide bonds. The molecule has 2 spiro atoms. The summed E-state index contributed by atoms with van der Waals surface area (Å²) < 4.78 is 6.77. The van der Waals surface area contributed by atoms with Gasteiger partial charge in [-0.05, 0) is 141 Å². The molecule has 66 heavy (non-hydrogen) atoms. The molecule has 2 bridgehead atoms. The van der Waals surface area contributed by atoms with Crippen LogP contribution in [0.15, 0.2) is 194 Å². The van der Waals surface area contributed by atoms with Crippen LogP contribution in [0.2, 0.25) is 0 Å². The van der Waals surface area contributed by atoms with Crippen LogP contribution in [0.5, 0.6) is 11.5 Å². The Hall–Kier alpha value is -7.43. The van der Waals surface area contributed by atoms with Gasteiger partial charge in [-0.25, -0.2) is 15.0 Å². The third-order valence-corrected chi connectivity index (χ3v) is 17.3. The summed E-state index contributed by atoms with van der Waals surface area (Å²) in [6.45, 7) is 0. The molecule has 4 nitrogen and oxygen atoms in total. The zero-order valence-electron chi connectivity index (χ0n) is 36.5. The van der Waals surface area contributed by atoms with Gasteiger partial charge in [0.2, 0.25) is 0 Å². The van der Waals surface area contributed by atoms with Crippen molar-refractivity contribution >= 4 is 0 Å². The Labute approximate surface area is 385 Å². The first kappa shape index (κ1) is 36.9. The predicted molar refractivity (Wildman–Crippen MR) is 262 cm³/mol. The normalized spacial score (nSPS) is 23.7. The maximum absolute atomic E-state index is 6.77. The lowest BCUT2D eigenvalue weighted by atomic mass is 9.38. The van der Waals surface area contributed by atoms with Crippen molar-refractivity contribution in [3.05, 3.63) is 222 Å². The second-order valence-corrected chi connectivity index (χ2v) is 20.1. The highest BCUT2D eigenvalue weighted by molar-refractivity contribution is 5.89. The molecule has 8 aromatic carbocycles. The molecular formula is C62H45N3O. The van der Waals surface area contributed by atoms with Crippen molar-refractivity contribution in [2.45, 2.75) is 42.9 Å². The molecule has 4 fully saturated rings. The monoisotopic (exact) mass is 847 g/mol. The summed E-state index contributed by atoms with van der Waals surface area (Å²) in [5.74, 6) is 6.69. The van der Waals surface area contributed by atoms with Gasteiger partial charge in [0, 0.05) is 27.8 Å². The van der Waals surface area contributed by atoms with E-state index in [9.17, 15) is 0 Å². The first-order chi connectivity index (χ1) is 32.6. The lowest BCUT2D eigenvalue weighted by molar-refractivity contribution is -0.175. The van der Waals surface area contributed by atoms with E-state index in [1.54, 1.807) is 0 Å². The molecule has 2 heterocycles. The van der Waals surface area contributed by atoms with Gasteiger partial charge in [0.25, 0.3) is 0 Å². The highest BCUT2D eigenvalue weighted by atomic mass is 16.5. The van der Waals surface area contributed by atoms with Crippen molar-refractivity contribution in [1.29, 1.82) is 0 Å². The highest BCUT2D eigenvalue weighted by Gasteiger charge is 2.77. The van der Waals surface area contributed by atoms with E-state index in [4.69, 9.17) is 19.7 Å². The van der Waals surface area contributed by atoms with Crippen molar-refractivity contribution < 1.29 is 4.74 Å². The average Bonchev–Trinajstić information content (AvgIpc) is 3.99. The van der Waals surface area contributed by atoms with Gasteiger partial charge in [0.1, 0.15) is 11.5 Å². The van der Waals surface area contributed by atoms with Gasteiger partial charge in [-0.2, -0.15) is 0 Å². The second-order valence-electron chi connectivity index (χ2n) is 20.1. The number of aromatic nitrogens is 3. The van der Waals surface area contributed by atoms with E-state index >= 15 is 0 Å². The van der Waals surface area contributed by atoms with Crippen LogP contribution in [-0.4, -0.2) is 15.0 Å². The number of hydrogen-bond donors (Lipinski definition) is 0. The minimum atomic E-state index is -0.538. The summed E-state index contributed by atoms with van der Waals surface area (Å²) in [6, 6.07) is 70.2. The fourth-order valence-corrected chi connectivity index (χ4v) is 14.5. The molecule has 4 heteroatoms. The molecule has 5 atom stereocenters. The number of hydrogen-bond acceptors (Lipinski definition) is 4. The van der Waals surface area contributed by atoms with E-state index in [-0.39, 0.29) is 0 Å². The van der Waals surface area contributed by atoms with Crippen LogP contribution in [0.25, 0.3) is 67.5 Å². The van der Waals surface area contributed by atoms with E-state index in [2.05, 4.69) is 194 Å². The van der Waals surface area contributed by atoms with Crippen LogP contribution in [0.1, 0.15) is 59.9 Å². The number of ether oxygens (including phenoxy) is 1. The molecule has 0 radical (unpaired) electrons. The minimum Gasteiger partial charge on any atom is -0.457 e. The lowest BCUT2D eigenvalue weighted by Gasteiger charge is -2.66. The Kier molecular flexibility index (Phi) is 7.44. The number of rotatable bonds is 6. The van der Waals surface area contributed by atoms with Crippen molar-refractivity contribution in [3.63, 3.8) is 0 Å². The van der Waals surface area contributed by atoms with E-state index in [0.717, 1.165) is 79.3 Å². The number of para-hydroxylation sites is 1. The first-order valence-corrected chi connectivity index (χ1v) is 23.8. The van der Waals surface area contributed by atoms with Crippen LogP contribution >= 0.6 is 0 Å². The van der Waals surface area contributed by atoms with Crippen LogP contribution in [0, 0.1) is 23.2 Å². The number of fused-ring (bicyclic) bond motifs is 10. The third-order valence-electron chi connectivity index (χ3n) is 17.3. The minimum absolute atomic E-state index is 0.350. The smallest absolute Gasteiger partial charge is 0.164 e. The summed E-state index contributed by atoms with van der Waals surface area (Å²) in [5.41, 5.74) is 16.8. The quantitative estimate of drug-likeness (QED) is 0.167. The zero-order valence-corrected chi connectivity index (χ0v) is 36.5. The zero-order chi connectivity index (χ0) is 43.2. The Morgan fingerprint density at radius 2 is 0.879 bits per heavy atom. The van der Waals surface area contributed by atoms with Gasteiger partial charge in [0.15, 0.2) is 17.5 Å². The van der Waals surface area contributed by atoms with E-state index < -0.39 is 5.41 Å². The summed E-state index contributed by atoms with van der Waals surface area (Å²) in [6.07, 6.45) is 7.09. The van der Waals surface area contributed by atoms with Gasteiger partial charge >= 0.3 is 0 Å². The molecule has 15 rings (SSSR count). The average molecular weight is 848 g/mol. The molecule has 5 aliphatic carbocycles. The van der Waals surface area contributed by atoms with E-state index in [0.29, 0.717) is 28.3 Å². The van der Waals surface area contributed by atoms with Crippen molar-refractivity contribution in [2.24, 2.45) is 23.2 Å². The summed E-state index contributed by atoms with van der Waals surface area (Å²) in [7, 11) is 0. The Balaban J connectivity index is 0.855. The molecule has 4 saturated carbocycles. The van der Waals surface area contributed by atoms with Gasteiger partial charge in [-0.3, -0.25) is 0 Å². The largest absolute Gasteiger partial charge is 0.457 e. The van der Waals surface area contributed by atoms with Crippen molar-refractivity contribution in [2.75, 3.05) is 0 Å². The SMILES string of the molecule is c1ccc(-c2cccc(-c3nc(-c4ccc(C56C[C@H]7CC8C[C@@H](C5)C87C6)cc4)nc(-c4cccc(-c5ccc6c(c5)C5(c7ccccc7O6)c6ccccc6-c6ccccc65)c4)n3)c2)cc1. The maximum Gasteiger partial charge on any atom is 0.164 e. The van der Waals surface area contributed by atoms with Crippen LogP contribution in [0.4, 0.5) is 0 Å². The molecule has 1 aliphatic heterocycles. The molecule has 3 unspecified atom stereocenters. The molecule has 1 aromatic heterocycles. The van der Waals surface area contributed by atoms with E-state index in [1.807, 2.05) is 0 Å². The third kappa shape index (κ3) is 4.91. The Morgan fingerprint density at radius 1 is 0.379 bits per heavy atom. The number of nitrogens with zero attached hydrogens (tertiary/aromatic N) is 3. The van der Waals surface area contributed by atoms with Crippen LogP contribution in [-0.2, 0) is 10.8 Å². The standard InChI is InChI=1S/C62H45N3O/c1-2-12-38(13-3-1)40-14-10-16-43(30-40)58-63-57(39-24-27-45(28-25-39)60-35-47-33-46-34-48(36-60)61(46,47)37-60)64-59(65-58)44-17-11-15-41(31-44)42-26-29-56-54(32-42)62(53-22-8-9-23-55(53)66-56)51-20-6-4-18-49(51)50-19-5-7-21-52(50)62/h1-32,46-48H,33-37H2/t46?,47-,48+,60?,61?. The number of benzene rings is 8. The summed E-state index contributed by atoms with van der Waals surface area (Å²) >= 11 is 0.